The monoisotopic (exact) mass is 218 g/mol. The number of amides is 1. The molecule has 0 aromatic heterocycles. The number of carbonyl (C=O) groups excluding carboxylic acids is 1. The molecule has 0 heterocycles. The molecule has 0 saturated heterocycles. The molecular formula is C13H18N2O. The number of hydrogen-bond acceptors (Lipinski definition) is 2. The number of anilines is 1. The Morgan fingerprint density at radius 1 is 1.31 bits per heavy atom. The van der Waals surface area contributed by atoms with E-state index in [1.54, 1.807) is 0 Å². The Balaban J connectivity index is 1.99. The molecule has 0 radical (unpaired) electrons. The Kier molecular flexibility index (Phi) is 3.25. The number of nitrogens with one attached hydrogen (secondary N) is 1. The van der Waals surface area contributed by atoms with Crippen molar-refractivity contribution in [3.63, 3.8) is 0 Å². The second-order valence-corrected chi connectivity index (χ2v) is 4.56. The molecule has 0 aliphatic heterocycles. The molecule has 2 atom stereocenters. The SMILES string of the molecule is Cc1ccc(NC(=O)[C@@H]2CCC[C@H]2N)cc1. The third-order valence-corrected chi connectivity index (χ3v) is 3.23. The van der Waals surface area contributed by atoms with Gasteiger partial charge in [-0.1, -0.05) is 24.1 Å². The minimum Gasteiger partial charge on any atom is -0.327 e. The summed E-state index contributed by atoms with van der Waals surface area (Å²) in [6, 6.07) is 7.86. The molecule has 3 heteroatoms. The van der Waals surface area contributed by atoms with E-state index in [1.807, 2.05) is 31.2 Å². The first kappa shape index (κ1) is 11.1. The van der Waals surface area contributed by atoms with Crippen LogP contribution in [0.1, 0.15) is 24.8 Å². The summed E-state index contributed by atoms with van der Waals surface area (Å²) in [6.07, 6.45) is 2.94. The van der Waals surface area contributed by atoms with E-state index >= 15 is 0 Å². The van der Waals surface area contributed by atoms with Crippen LogP contribution in [-0.4, -0.2) is 11.9 Å². The van der Waals surface area contributed by atoms with Crippen molar-refractivity contribution < 1.29 is 4.79 Å². The largest absolute Gasteiger partial charge is 0.327 e. The molecule has 0 spiro atoms. The summed E-state index contributed by atoms with van der Waals surface area (Å²) in [7, 11) is 0. The van der Waals surface area contributed by atoms with Crippen LogP contribution < -0.4 is 11.1 Å². The number of aryl methyl sites for hydroxylation is 1. The van der Waals surface area contributed by atoms with Gasteiger partial charge in [0.25, 0.3) is 0 Å². The van der Waals surface area contributed by atoms with Gasteiger partial charge in [0.2, 0.25) is 5.91 Å². The summed E-state index contributed by atoms with van der Waals surface area (Å²) < 4.78 is 0. The number of nitrogens with two attached hydrogens (primary N) is 1. The standard InChI is InChI=1S/C13H18N2O/c1-9-5-7-10(8-6-9)15-13(16)11-3-2-4-12(11)14/h5-8,11-12H,2-4,14H2,1H3,(H,15,16)/t11-,12-/m1/s1. The highest BCUT2D eigenvalue weighted by molar-refractivity contribution is 5.93. The lowest BCUT2D eigenvalue weighted by molar-refractivity contribution is -0.120. The second kappa shape index (κ2) is 4.66. The topological polar surface area (TPSA) is 55.1 Å². The number of carbonyl (C=O) groups is 1. The predicted octanol–water partition coefficient (Wildman–Crippen LogP) is 2.06. The molecule has 3 nitrogen and oxygen atoms in total. The molecule has 86 valence electrons. The van der Waals surface area contributed by atoms with Gasteiger partial charge >= 0.3 is 0 Å². The van der Waals surface area contributed by atoms with E-state index < -0.39 is 0 Å². The van der Waals surface area contributed by atoms with E-state index in [2.05, 4.69) is 5.32 Å². The minimum atomic E-state index is -0.0127. The van der Waals surface area contributed by atoms with Gasteiger partial charge in [0, 0.05) is 11.7 Å². The number of benzene rings is 1. The van der Waals surface area contributed by atoms with E-state index in [0.717, 1.165) is 24.9 Å². The lowest BCUT2D eigenvalue weighted by Gasteiger charge is -2.15. The Morgan fingerprint density at radius 3 is 2.56 bits per heavy atom. The van der Waals surface area contributed by atoms with Crippen molar-refractivity contribution >= 4 is 11.6 Å². The van der Waals surface area contributed by atoms with Gasteiger partial charge in [-0.15, -0.1) is 0 Å². The highest BCUT2D eigenvalue weighted by atomic mass is 16.1. The Labute approximate surface area is 96.0 Å². The second-order valence-electron chi connectivity index (χ2n) is 4.56. The molecule has 16 heavy (non-hydrogen) atoms. The summed E-state index contributed by atoms with van der Waals surface area (Å²) >= 11 is 0. The van der Waals surface area contributed by atoms with Crippen molar-refractivity contribution in [3.05, 3.63) is 29.8 Å². The van der Waals surface area contributed by atoms with Crippen molar-refractivity contribution in [2.75, 3.05) is 5.32 Å². The molecule has 2 rings (SSSR count). The highest BCUT2D eigenvalue weighted by Gasteiger charge is 2.30. The molecule has 1 aliphatic rings. The zero-order chi connectivity index (χ0) is 11.5. The normalized spacial score (nSPS) is 24.4. The molecule has 1 saturated carbocycles. The van der Waals surface area contributed by atoms with Gasteiger partial charge < -0.3 is 11.1 Å². The van der Waals surface area contributed by atoms with Crippen LogP contribution in [0.15, 0.2) is 24.3 Å². The van der Waals surface area contributed by atoms with Crippen molar-refractivity contribution in [1.29, 1.82) is 0 Å². The quantitative estimate of drug-likeness (QED) is 0.798. The van der Waals surface area contributed by atoms with E-state index in [1.165, 1.54) is 5.56 Å². The van der Waals surface area contributed by atoms with Crippen LogP contribution >= 0.6 is 0 Å². The van der Waals surface area contributed by atoms with E-state index in [0.29, 0.717) is 0 Å². The smallest absolute Gasteiger partial charge is 0.229 e. The van der Waals surface area contributed by atoms with Gasteiger partial charge in [-0.3, -0.25) is 4.79 Å². The summed E-state index contributed by atoms with van der Waals surface area (Å²) in [5.41, 5.74) is 7.94. The minimum absolute atomic E-state index is 0.0127. The fourth-order valence-corrected chi connectivity index (χ4v) is 2.19. The summed E-state index contributed by atoms with van der Waals surface area (Å²) in [5, 5.41) is 2.92. The molecule has 1 amide bonds. The third-order valence-electron chi connectivity index (χ3n) is 3.23. The Bertz CT molecular complexity index is 372. The Hall–Kier alpha value is -1.35. The van der Waals surface area contributed by atoms with Crippen LogP contribution in [0.2, 0.25) is 0 Å². The molecule has 3 N–H and O–H groups in total. The average Bonchev–Trinajstić information content (AvgIpc) is 2.68. The van der Waals surface area contributed by atoms with Crippen LogP contribution in [-0.2, 0) is 4.79 Å². The van der Waals surface area contributed by atoms with E-state index in [9.17, 15) is 4.79 Å². The highest BCUT2D eigenvalue weighted by Crippen LogP contribution is 2.25. The first-order chi connectivity index (χ1) is 7.66. The van der Waals surface area contributed by atoms with Crippen LogP contribution in [0.5, 0.6) is 0 Å². The zero-order valence-electron chi connectivity index (χ0n) is 9.57. The van der Waals surface area contributed by atoms with Crippen LogP contribution in [0.3, 0.4) is 0 Å². The third kappa shape index (κ3) is 2.42. The fourth-order valence-electron chi connectivity index (χ4n) is 2.19. The van der Waals surface area contributed by atoms with Gasteiger partial charge in [0.1, 0.15) is 0 Å². The Morgan fingerprint density at radius 2 is 2.00 bits per heavy atom. The number of rotatable bonds is 2. The molecule has 1 aromatic carbocycles. The average molecular weight is 218 g/mol. The summed E-state index contributed by atoms with van der Waals surface area (Å²) in [6.45, 7) is 2.03. The van der Waals surface area contributed by atoms with Gasteiger partial charge in [0.05, 0.1) is 5.92 Å². The van der Waals surface area contributed by atoms with Crippen molar-refractivity contribution in [1.82, 2.24) is 0 Å². The predicted molar refractivity (Wildman–Crippen MR) is 65.1 cm³/mol. The van der Waals surface area contributed by atoms with Crippen molar-refractivity contribution in [3.8, 4) is 0 Å². The van der Waals surface area contributed by atoms with Crippen LogP contribution in [0.25, 0.3) is 0 Å². The zero-order valence-corrected chi connectivity index (χ0v) is 9.57. The molecule has 0 bridgehead atoms. The van der Waals surface area contributed by atoms with Gasteiger partial charge in [-0.25, -0.2) is 0 Å². The van der Waals surface area contributed by atoms with Gasteiger partial charge in [0.15, 0.2) is 0 Å². The fraction of sp³-hybridized carbons (Fsp3) is 0.462. The van der Waals surface area contributed by atoms with E-state index in [4.69, 9.17) is 5.73 Å². The molecule has 1 aromatic rings. The lowest BCUT2D eigenvalue weighted by Crippen LogP contribution is -2.34. The molecule has 1 fully saturated rings. The maximum atomic E-state index is 11.9. The van der Waals surface area contributed by atoms with Crippen LogP contribution in [0, 0.1) is 12.8 Å². The van der Waals surface area contributed by atoms with E-state index in [-0.39, 0.29) is 17.9 Å². The maximum absolute atomic E-state index is 11.9. The molecule has 0 unspecified atom stereocenters. The van der Waals surface area contributed by atoms with Crippen molar-refractivity contribution in [2.45, 2.75) is 32.2 Å². The lowest BCUT2D eigenvalue weighted by atomic mass is 10.0. The molecule has 1 aliphatic carbocycles. The summed E-state index contributed by atoms with van der Waals surface area (Å²) in [4.78, 5) is 11.9. The number of hydrogen-bond donors (Lipinski definition) is 2. The van der Waals surface area contributed by atoms with Gasteiger partial charge in [-0.2, -0.15) is 0 Å². The molecular weight excluding hydrogens is 200 g/mol. The van der Waals surface area contributed by atoms with Gasteiger partial charge in [-0.05, 0) is 31.9 Å². The van der Waals surface area contributed by atoms with Crippen LogP contribution in [0.4, 0.5) is 5.69 Å². The first-order valence-corrected chi connectivity index (χ1v) is 5.80. The van der Waals surface area contributed by atoms with Crippen molar-refractivity contribution in [2.24, 2.45) is 11.7 Å². The first-order valence-electron chi connectivity index (χ1n) is 5.80. The summed E-state index contributed by atoms with van der Waals surface area (Å²) in [5.74, 6) is 0.0511. The maximum Gasteiger partial charge on any atom is 0.229 e.